The van der Waals surface area contributed by atoms with Gasteiger partial charge in [-0.15, -0.1) is 0 Å². The predicted octanol–water partition coefficient (Wildman–Crippen LogP) is 5.06. The normalized spacial score (nSPS) is 12.2. The average Bonchev–Trinajstić information content (AvgIpc) is 3.37. The van der Waals surface area contributed by atoms with Gasteiger partial charge in [0.05, 0.1) is 24.0 Å². The molecule has 0 unspecified atom stereocenters. The number of alkyl halides is 3. The molecule has 39 heavy (non-hydrogen) atoms. The maximum atomic E-state index is 15.1. The summed E-state index contributed by atoms with van der Waals surface area (Å²) in [6.07, 6.45) is -0.958. The van der Waals surface area contributed by atoms with Crippen molar-refractivity contribution in [3.8, 4) is 22.8 Å². The molecule has 4 aromatic heterocycles. The smallest absolute Gasteiger partial charge is 0.333 e. The fraction of sp³-hybridized carbons (Fsp3) is 0.269. The van der Waals surface area contributed by atoms with E-state index in [4.69, 9.17) is 0 Å². The molecule has 0 saturated heterocycles. The number of hydrogen-bond donors (Lipinski definition) is 0. The maximum absolute atomic E-state index is 15.1. The fourth-order valence-electron chi connectivity index (χ4n) is 4.46. The van der Waals surface area contributed by atoms with Crippen LogP contribution in [0, 0.1) is 11.6 Å². The van der Waals surface area contributed by atoms with Crippen molar-refractivity contribution in [3.05, 3.63) is 81.9 Å². The monoisotopic (exact) mass is 543 g/mol. The molecule has 0 aliphatic rings. The van der Waals surface area contributed by atoms with E-state index < -0.39 is 40.6 Å². The van der Waals surface area contributed by atoms with E-state index in [9.17, 15) is 18.0 Å². The van der Waals surface area contributed by atoms with Gasteiger partial charge in [-0.25, -0.2) is 28.5 Å². The molecular weight excluding hydrogens is 521 g/mol. The van der Waals surface area contributed by atoms with E-state index >= 15 is 8.78 Å². The molecule has 5 rings (SSSR count). The number of benzene rings is 1. The lowest BCUT2D eigenvalue weighted by Crippen LogP contribution is -2.23. The highest BCUT2D eigenvalue weighted by atomic mass is 19.4. The molecule has 0 aliphatic carbocycles. The molecule has 0 bridgehead atoms. The summed E-state index contributed by atoms with van der Waals surface area (Å²) < 4.78 is 72.9. The summed E-state index contributed by atoms with van der Waals surface area (Å²) in [7, 11) is 2.74. The summed E-state index contributed by atoms with van der Waals surface area (Å²) in [6, 6.07) is 5.50. The van der Waals surface area contributed by atoms with E-state index in [0.29, 0.717) is 23.1 Å². The number of imidazole rings is 2. The van der Waals surface area contributed by atoms with E-state index in [-0.39, 0.29) is 23.7 Å². The molecule has 0 spiro atoms. The van der Waals surface area contributed by atoms with Gasteiger partial charge >= 0.3 is 11.9 Å². The fourth-order valence-corrected chi connectivity index (χ4v) is 4.46. The zero-order valence-electron chi connectivity index (χ0n) is 21.3. The van der Waals surface area contributed by atoms with Crippen LogP contribution in [-0.2, 0) is 26.8 Å². The van der Waals surface area contributed by atoms with Crippen molar-refractivity contribution in [1.82, 2.24) is 33.6 Å². The molecular formula is C26H22F5N7O. The first kappa shape index (κ1) is 26.2. The Kier molecular flexibility index (Phi) is 6.31. The molecule has 0 radical (unpaired) electrons. The second-order valence-corrected chi connectivity index (χ2v) is 9.41. The molecule has 0 atom stereocenters. The summed E-state index contributed by atoms with van der Waals surface area (Å²) in [5.41, 5.74) is -0.289. The van der Waals surface area contributed by atoms with Crippen LogP contribution in [0.2, 0.25) is 0 Å². The number of nitrogens with zero attached hydrogens (tertiary/aromatic N) is 7. The standard InChI is InChI=1S/C26H22F5N7O/c1-13(2)21-15(6-5-7-32-21)22-33-10-18-23(35-22)38(25(39)37(18)4)11-14-8-16(27)20(17(28)9-14)24-34-19(12-36(24)3)26(29,30)31/h5-10,12-13H,11H2,1-4H3. The first-order valence-corrected chi connectivity index (χ1v) is 11.8. The topological polar surface area (TPSA) is 83.4 Å². The lowest BCUT2D eigenvalue weighted by atomic mass is 10.0. The first-order valence-electron chi connectivity index (χ1n) is 11.8. The molecule has 0 saturated carbocycles. The highest BCUT2D eigenvalue weighted by molar-refractivity contribution is 5.74. The number of fused-ring (bicyclic) bond motifs is 1. The second kappa shape index (κ2) is 9.40. The van der Waals surface area contributed by atoms with Gasteiger partial charge in [-0.3, -0.25) is 14.1 Å². The van der Waals surface area contributed by atoms with E-state index in [1.807, 2.05) is 19.9 Å². The Morgan fingerprint density at radius 3 is 2.33 bits per heavy atom. The molecule has 0 N–H and O–H groups in total. The van der Waals surface area contributed by atoms with Crippen molar-refractivity contribution in [2.45, 2.75) is 32.5 Å². The van der Waals surface area contributed by atoms with Gasteiger partial charge in [0.2, 0.25) is 0 Å². The molecule has 8 nitrogen and oxygen atoms in total. The third kappa shape index (κ3) is 4.57. The zero-order chi connectivity index (χ0) is 28.2. The highest BCUT2D eigenvalue weighted by Gasteiger charge is 2.35. The Balaban J connectivity index is 1.58. The number of aryl methyl sites for hydroxylation is 2. The van der Waals surface area contributed by atoms with Gasteiger partial charge in [0.25, 0.3) is 0 Å². The SMILES string of the molecule is CC(C)c1ncccc1-c1ncc2c(n1)n(Cc1cc(F)c(-c3nc(C(F)(F)F)cn3C)c(F)c1)c(=O)n2C. The van der Waals surface area contributed by atoms with Crippen LogP contribution >= 0.6 is 0 Å². The Labute approximate surface area is 218 Å². The van der Waals surface area contributed by atoms with Crippen LogP contribution in [-0.4, -0.2) is 33.6 Å². The summed E-state index contributed by atoms with van der Waals surface area (Å²) in [5, 5.41) is 0. The summed E-state index contributed by atoms with van der Waals surface area (Å²) in [4.78, 5) is 29.9. The van der Waals surface area contributed by atoms with Crippen LogP contribution in [0.3, 0.4) is 0 Å². The summed E-state index contributed by atoms with van der Waals surface area (Å²) >= 11 is 0. The lowest BCUT2D eigenvalue weighted by Gasteiger charge is -2.11. The molecule has 0 aliphatic heterocycles. The largest absolute Gasteiger partial charge is 0.434 e. The molecule has 0 amide bonds. The maximum Gasteiger partial charge on any atom is 0.434 e. The molecule has 202 valence electrons. The number of rotatable bonds is 5. The van der Waals surface area contributed by atoms with Gasteiger partial charge in [-0.1, -0.05) is 13.8 Å². The quantitative estimate of drug-likeness (QED) is 0.290. The van der Waals surface area contributed by atoms with E-state index in [1.165, 1.54) is 29.4 Å². The molecule has 5 aromatic rings. The molecule has 4 heterocycles. The molecule has 13 heteroatoms. The highest BCUT2D eigenvalue weighted by Crippen LogP contribution is 2.33. The van der Waals surface area contributed by atoms with Gasteiger partial charge in [0.15, 0.2) is 17.2 Å². The van der Waals surface area contributed by atoms with Gasteiger partial charge in [0, 0.05) is 32.1 Å². The van der Waals surface area contributed by atoms with Crippen molar-refractivity contribution < 1.29 is 22.0 Å². The minimum absolute atomic E-state index is 0.0676. The predicted molar refractivity (Wildman–Crippen MR) is 133 cm³/mol. The van der Waals surface area contributed by atoms with E-state index in [1.54, 1.807) is 12.3 Å². The minimum Gasteiger partial charge on any atom is -0.333 e. The minimum atomic E-state index is -4.77. The Hall–Kier alpha value is -4.42. The van der Waals surface area contributed by atoms with Gasteiger partial charge in [-0.05, 0) is 35.7 Å². The van der Waals surface area contributed by atoms with E-state index in [2.05, 4.69) is 19.9 Å². The van der Waals surface area contributed by atoms with Gasteiger partial charge in [-0.2, -0.15) is 13.2 Å². The van der Waals surface area contributed by atoms with Crippen LogP contribution in [0.5, 0.6) is 0 Å². The first-order chi connectivity index (χ1) is 18.4. The molecule has 1 aromatic carbocycles. The van der Waals surface area contributed by atoms with Crippen molar-refractivity contribution >= 4 is 11.2 Å². The number of pyridine rings is 1. The van der Waals surface area contributed by atoms with Gasteiger partial charge < -0.3 is 4.57 Å². The van der Waals surface area contributed by atoms with Gasteiger partial charge in [0.1, 0.15) is 23.0 Å². The Bertz CT molecular complexity index is 1760. The third-order valence-electron chi connectivity index (χ3n) is 6.34. The van der Waals surface area contributed by atoms with E-state index in [0.717, 1.165) is 22.4 Å². The second-order valence-electron chi connectivity index (χ2n) is 9.41. The van der Waals surface area contributed by atoms with Crippen molar-refractivity contribution in [2.75, 3.05) is 0 Å². The number of halogens is 5. The number of aromatic nitrogens is 7. The van der Waals surface area contributed by atoms with Crippen molar-refractivity contribution in [2.24, 2.45) is 14.1 Å². The Morgan fingerprint density at radius 2 is 1.72 bits per heavy atom. The third-order valence-corrected chi connectivity index (χ3v) is 6.34. The van der Waals surface area contributed by atoms with Crippen LogP contribution in [0.25, 0.3) is 33.9 Å². The lowest BCUT2D eigenvalue weighted by molar-refractivity contribution is -0.140. The van der Waals surface area contributed by atoms with Crippen LogP contribution in [0.15, 0.2) is 47.7 Å². The van der Waals surface area contributed by atoms with Crippen LogP contribution < -0.4 is 5.69 Å². The molecule has 0 fully saturated rings. The summed E-state index contributed by atoms with van der Waals surface area (Å²) in [5.74, 6) is -2.34. The van der Waals surface area contributed by atoms with Crippen molar-refractivity contribution in [1.29, 1.82) is 0 Å². The van der Waals surface area contributed by atoms with Crippen LogP contribution in [0.1, 0.15) is 36.7 Å². The number of hydrogen-bond acceptors (Lipinski definition) is 5. The average molecular weight is 544 g/mol. The summed E-state index contributed by atoms with van der Waals surface area (Å²) in [6.45, 7) is 3.70. The van der Waals surface area contributed by atoms with Crippen LogP contribution in [0.4, 0.5) is 22.0 Å². The Morgan fingerprint density at radius 1 is 1.03 bits per heavy atom. The van der Waals surface area contributed by atoms with Crippen molar-refractivity contribution in [3.63, 3.8) is 0 Å². The zero-order valence-corrected chi connectivity index (χ0v) is 21.3.